The number of carbonyl (C=O) groups is 4. The van der Waals surface area contributed by atoms with E-state index in [9.17, 15) is 19.2 Å². The summed E-state index contributed by atoms with van der Waals surface area (Å²) in [6, 6.07) is -1.81. The van der Waals surface area contributed by atoms with E-state index in [1.165, 1.54) is 0 Å². The lowest BCUT2D eigenvalue weighted by molar-refractivity contribution is -0.162. The summed E-state index contributed by atoms with van der Waals surface area (Å²) < 4.78 is 5.69. The van der Waals surface area contributed by atoms with Gasteiger partial charge in [0.25, 0.3) is 0 Å². The third-order valence-electron chi connectivity index (χ3n) is 10.3. The predicted molar refractivity (Wildman–Crippen MR) is 166 cm³/mol. The number of rotatable bonds is 10. The Morgan fingerprint density at radius 1 is 0.860 bits per heavy atom. The van der Waals surface area contributed by atoms with E-state index in [0.29, 0.717) is 19.5 Å². The van der Waals surface area contributed by atoms with Crippen LogP contribution in [0.15, 0.2) is 0 Å². The molecule has 4 rings (SSSR count). The van der Waals surface area contributed by atoms with E-state index in [0.717, 1.165) is 70.9 Å². The Hall–Kier alpha value is -2.20. The molecule has 0 radical (unpaired) electrons. The van der Waals surface area contributed by atoms with E-state index in [2.05, 4.69) is 29.0 Å². The van der Waals surface area contributed by atoms with Gasteiger partial charge >= 0.3 is 5.97 Å². The van der Waals surface area contributed by atoms with Gasteiger partial charge in [-0.1, -0.05) is 41.0 Å². The van der Waals surface area contributed by atoms with Gasteiger partial charge in [-0.3, -0.25) is 24.2 Å². The lowest BCUT2D eigenvalue weighted by Gasteiger charge is -2.41. The zero-order chi connectivity index (χ0) is 31.5. The van der Waals surface area contributed by atoms with Crippen molar-refractivity contribution in [3.8, 4) is 0 Å². The zero-order valence-electron chi connectivity index (χ0n) is 27.8. The Morgan fingerprint density at radius 3 is 2.12 bits per heavy atom. The molecule has 0 aromatic rings. The van der Waals surface area contributed by atoms with Gasteiger partial charge in [-0.25, -0.2) is 4.79 Å². The third kappa shape index (κ3) is 7.91. The molecular weight excluding hydrogens is 546 g/mol. The number of piperidine rings is 1. The highest BCUT2D eigenvalue weighted by Crippen LogP contribution is 2.30. The Bertz CT molecular complexity index is 1010. The van der Waals surface area contributed by atoms with Crippen LogP contribution in [0.25, 0.3) is 0 Å². The van der Waals surface area contributed by atoms with Crippen molar-refractivity contribution in [1.29, 1.82) is 0 Å². The van der Waals surface area contributed by atoms with Crippen LogP contribution in [-0.4, -0.2) is 120 Å². The molecule has 5 atom stereocenters. The molecule has 43 heavy (non-hydrogen) atoms. The molecule has 3 heterocycles. The number of ether oxygens (including phenoxy) is 1. The molecule has 3 aliphatic heterocycles. The molecule has 4 aliphatic rings. The van der Waals surface area contributed by atoms with Crippen LogP contribution in [-0.2, 0) is 23.9 Å². The highest BCUT2D eigenvalue weighted by atomic mass is 16.5. The van der Waals surface area contributed by atoms with E-state index in [-0.39, 0.29) is 53.8 Å². The molecule has 5 unspecified atom stereocenters. The van der Waals surface area contributed by atoms with E-state index in [1.807, 2.05) is 34.9 Å². The van der Waals surface area contributed by atoms with Crippen molar-refractivity contribution in [2.45, 2.75) is 135 Å². The van der Waals surface area contributed by atoms with Gasteiger partial charge in [0.05, 0.1) is 12.1 Å². The number of likely N-dealkylation sites (tertiary alicyclic amines) is 3. The first kappa shape index (κ1) is 33.7. The second kappa shape index (κ2) is 14.3. The SMILES string of the molecule is CC(C)C(CN1CCCC1C(=O)N1CCCC1C(=O)OC1CCC1)N(C)C(=O)C(NC(=O)C1CCCCN1C)C(C)(C)C. The van der Waals surface area contributed by atoms with Gasteiger partial charge in [0.2, 0.25) is 17.7 Å². The van der Waals surface area contributed by atoms with Crippen molar-refractivity contribution < 1.29 is 23.9 Å². The lowest BCUT2D eigenvalue weighted by atomic mass is 9.84. The van der Waals surface area contributed by atoms with E-state index in [1.54, 1.807) is 9.80 Å². The van der Waals surface area contributed by atoms with Crippen molar-refractivity contribution >= 4 is 23.7 Å². The Morgan fingerprint density at radius 2 is 1.51 bits per heavy atom. The smallest absolute Gasteiger partial charge is 0.329 e. The van der Waals surface area contributed by atoms with Crippen molar-refractivity contribution in [1.82, 2.24) is 24.9 Å². The zero-order valence-corrected chi connectivity index (χ0v) is 27.8. The van der Waals surface area contributed by atoms with Gasteiger partial charge in [0.1, 0.15) is 18.2 Å². The standard InChI is InChI=1S/C33H57N5O5/c1-22(2)27(36(7)31(41)28(33(3,4)5)34-29(39)24-15-8-9-18-35(24)6)21-37-19-11-16-25(37)30(40)38-20-12-17-26(38)32(42)43-23-13-10-14-23/h22-28H,8-21H2,1-7H3,(H,34,39). The average Bonchev–Trinajstić information content (AvgIpc) is 3.60. The summed E-state index contributed by atoms with van der Waals surface area (Å²) in [6.45, 7) is 13.0. The van der Waals surface area contributed by atoms with Gasteiger partial charge in [0.15, 0.2) is 0 Å². The maximum Gasteiger partial charge on any atom is 0.329 e. The first-order valence-electron chi connectivity index (χ1n) is 16.8. The Kier molecular flexibility index (Phi) is 11.2. The first-order chi connectivity index (χ1) is 20.3. The summed E-state index contributed by atoms with van der Waals surface area (Å²) >= 11 is 0. The van der Waals surface area contributed by atoms with Gasteiger partial charge in [-0.2, -0.15) is 0 Å². The number of hydrogen-bond acceptors (Lipinski definition) is 7. The highest BCUT2D eigenvalue weighted by Gasteiger charge is 2.44. The normalized spacial score (nSPS) is 27.1. The fraction of sp³-hybridized carbons (Fsp3) is 0.879. The topological polar surface area (TPSA) is 103 Å². The predicted octanol–water partition coefficient (Wildman–Crippen LogP) is 3.04. The number of nitrogens with zero attached hydrogens (tertiary/aromatic N) is 4. The summed E-state index contributed by atoms with van der Waals surface area (Å²) in [6.07, 6.45) is 8.97. The lowest BCUT2D eigenvalue weighted by Crippen LogP contribution is -2.61. The molecule has 3 saturated heterocycles. The van der Waals surface area contributed by atoms with Crippen LogP contribution >= 0.6 is 0 Å². The quantitative estimate of drug-likeness (QED) is 0.383. The number of nitrogens with one attached hydrogen (secondary N) is 1. The second-order valence-corrected chi connectivity index (χ2v) is 14.9. The van der Waals surface area contributed by atoms with Gasteiger partial charge in [0, 0.05) is 26.2 Å². The van der Waals surface area contributed by atoms with Gasteiger partial charge < -0.3 is 19.9 Å². The third-order valence-corrected chi connectivity index (χ3v) is 10.3. The molecule has 10 nitrogen and oxygen atoms in total. The van der Waals surface area contributed by atoms with E-state index < -0.39 is 17.5 Å². The van der Waals surface area contributed by atoms with Crippen molar-refractivity contribution in [2.24, 2.45) is 11.3 Å². The molecule has 1 saturated carbocycles. The number of esters is 1. The van der Waals surface area contributed by atoms with Gasteiger partial charge in [-0.15, -0.1) is 0 Å². The van der Waals surface area contributed by atoms with E-state index in [4.69, 9.17) is 4.74 Å². The minimum Gasteiger partial charge on any atom is -0.461 e. The summed E-state index contributed by atoms with van der Waals surface area (Å²) in [5, 5.41) is 3.14. The van der Waals surface area contributed by atoms with E-state index >= 15 is 0 Å². The molecule has 0 aromatic heterocycles. The molecule has 0 spiro atoms. The Balaban J connectivity index is 1.43. The molecule has 1 N–H and O–H groups in total. The Labute approximate surface area is 259 Å². The minimum atomic E-state index is -0.662. The maximum absolute atomic E-state index is 14.1. The van der Waals surface area contributed by atoms with Crippen LogP contribution in [0.5, 0.6) is 0 Å². The first-order valence-corrected chi connectivity index (χ1v) is 16.8. The van der Waals surface area contributed by atoms with Crippen molar-refractivity contribution in [2.75, 3.05) is 40.3 Å². The molecular formula is C33H57N5O5. The largest absolute Gasteiger partial charge is 0.461 e. The van der Waals surface area contributed by atoms with Crippen LogP contribution in [0.4, 0.5) is 0 Å². The summed E-state index contributed by atoms with van der Waals surface area (Å²) in [7, 11) is 3.82. The van der Waals surface area contributed by atoms with Crippen LogP contribution in [0.2, 0.25) is 0 Å². The molecule has 3 amide bonds. The number of likely N-dealkylation sites (N-methyl/N-ethyl adjacent to an activating group) is 2. The van der Waals surface area contributed by atoms with Crippen LogP contribution < -0.4 is 5.32 Å². The monoisotopic (exact) mass is 603 g/mol. The fourth-order valence-electron chi connectivity index (χ4n) is 7.20. The molecule has 1 aliphatic carbocycles. The van der Waals surface area contributed by atoms with Crippen LogP contribution in [0.3, 0.4) is 0 Å². The number of hydrogen-bond donors (Lipinski definition) is 1. The minimum absolute atomic E-state index is 0.0122. The van der Waals surface area contributed by atoms with Crippen LogP contribution in [0.1, 0.15) is 98.8 Å². The molecule has 4 fully saturated rings. The highest BCUT2D eigenvalue weighted by molar-refractivity contribution is 5.91. The van der Waals surface area contributed by atoms with Crippen molar-refractivity contribution in [3.63, 3.8) is 0 Å². The molecule has 0 bridgehead atoms. The summed E-state index contributed by atoms with van der Waals surface area (Å²) in [4.78, 5) is 62.2. The average molecular weight is 604 g/mol. The number of carbonyl (C=O) groups excluding carboxylic acids is 4. The molecule has 0 aromatic carbocycles. The molecule has 244 valence electrons. The number of amides is 3. The van der Waals surface area contributed by atoms with Crippen molar-refractivity contribution in [3.05, 3.63) is 0 Å². The van der Waals surface area contributed by atoms with Gasteiger partial charge in [-0.05, 0) is 89.3 Å². The second-order valence-electron chi connectivity index (χ2n) is 14.9. The summed E-state index contributed by atoms with van der Waals surface area (Å²) in [5.41, 5.74) is -0.471. The summed E-state index contributed by atoms with van der Waals surface area (Å²) in [5.74, 6) is -0.272. The van der Waals surface area contributed by atoms with Crippen LogP contribution in [0, 0.1) is 11.3 Å². The maximum atomic E-state index is 14.1. The fourth-order valence-corrected chi connectivity index (χ4v) is 7.20. The molecule has 10 heteroatoms.